The van der Waals surface area contributed by atoms with E-state index in [1.807, 2.05) is 47.0 Å². The van der Waals surface area contributed by atoms with Crippen molar-refractivity contribution < 1.29 is 4.79 Å². The molecule has 0 bridgehead atoms. The number of imidazole rings is 1. The Balaban J connectivity index is 1.70. The number of nitrogens with zero attached hydrogens (tertiary/aromatic N) is 4. The molecule has 0 atom stereocenters. The molecule has 7 nitrogen and oxygen atoms in total. The van der Waals surface area contributed by atoms with Crippen LogP contribution in [0, 0.1) is 0 Å². The molecule has 2 N–H and O–H groups in total. The Morgan fingerprint density at radius 2 is 1.70 bits per heavy atom. The van der Waals surface area contributed by atoms with Crippen LogP contribution in [0.25, 0.3) is 16.9 Å². The molecule has 27 heavy (non-hydrogen) atoms. The summed E-state index contributed by atoms with van der Waals surface area (Å²) in [5.74, 6) is 0.387. The molecule has 0 aliphatic heterocycles. The van der Waals surface area contributed by atoms with Crippen LogP contribution in [0.5, 0.6) is 0 Å². The van der Waals surface area contributed by atoms with Gasteiger partial charge in [-0.3, -0.25) is 9.36 Å². The number of hydrogen-bond acceptors (Lipinski definition) is 5. The first-order valence-corrected chi connectivity index (χ1v) is 8.58. The first kappa shape index (κ1) is 17.0. The molecule has 0 unspecified atom stereocenters. The van der Waals surface area contributed by atoms with E-state index in [1.165, 1.54) is 6.92 Å². The maximum Gasteiger partial charge on any atom is 0.226 e. The molecule has 0 saturated carbocycles. The second kappa shape index (κ2) is 7.05. The lowest BCUT2D eigenvalue weighted by molar-refractivity contribution is -0.114. The fraction of sp³-hybridized carbons (Fsp3) is 0.0526. The molecule has 4 rings (SSSR count). The molecule has 0 fully saturated rings. The number of amides is 1. The van der Waals surface area contributed by atoms with Gasteiger partial charge in [0, 0.05) is 24.0 Å². The summed E-state index contributed by atoms with van der Waals surface area (Å²) >= 11 is 6.14. The number of fused-ring (bicyclic) bond motifs is 1. The highest BCUT2D eigenvalue weighted by Crippen LogP contribution is 2.26. The van der Waals surface area contributed by atoms with E-state index in [2.05, 4.69) is 25.6 Å². The summed E-state index contributed by atoms with van der Waals surface area (Å²) < 4.78 is 1.86. The van der Waals surface area contributed by atoms with Crippen molar-refractivity contribution in [3.8, 4) is 5.69 Å². The topological polar surface area (TPSA) is 84.7 Å². The van der Waals surface area contributed by atoms with E-state index in [1.54, 1.807) is 18.5 Å². The van der Waals surface area contributed by atoms with Crippen LogP contribution in [0.15, 0.2) is 60.9 Å². The molecule has 0 saturated heterocycles. The fourth-order valence-corrected chi connectivity index (χ4v) is 2.88. The zero-order valence-electron chi connectivity index (χ0n) is 14.3. The Labute approximate surface area is 160 Å². The van der Waals surface area contributed by atoms with Gasteiger partial charge in [-0.1, -0.05) is 18.2 Å². The van der Waals surface area contributed by atoms with Crippen molar-refractivity contribution in [2.75, 3.05) is 10.6 Å². The van der Waals surface area contributed by atoms with Crippen LogP contribution in [0.3, 0.4) is 0 Å². The first-order chi connectivity index (χ1) is 13.1. The molecule has 8 heteroatoms. The molecule has 0 spiro atoms. The molecule has 134 valence electrons. The third-order valence-corrected chi connectivity index (χ3v) is 4.04. The lowest BCUT2D eigenvalue weighted by Gasteiger charge is -2.09. The molecular weight excluding hydrogens is 364 g/mol. The Hall–Kier alpha value is -3.45. The second-order valence-corrected chi connectivity index (χ2v) is 6.19. The van der Waals surface area contributed by atoms with E-state index in [0.29, 0.717) is 22.7 Å². The number of nitrogens with one attached hydrogen (secondary N) is 2. The second-order valence-electron chi connectivity index (χ2n) is 5.85. The molecule has 0 aliphatic carbocycles. The fourth-order valence-electron chi connectivity index (χ4n) is 2.72. The van der Waals surface area contributed by atoms with Crippen LogP contribution < -0.4 is 10.6 Å². The van der Waals surface area contributed by atoms with Gasteiger partial charge < -0.3 is 10.6 Å². The average molecular weight is 379 g/mol. The van der Waals surface area contributed by atoms with E-state index in [4.69, 9.17) is 11.6 Å². The lowest BCUT2D eigenvalue weighted by atomic mass is 10.2. The molecule has 0 aliphatic rings. The SMILES string of the molecule is CC(=O)Nc1ccc(Nc2nc(Cl)nc3c2ncn3-c2ccccc2)cc1. The molecule has 4 aromatic rings. The Bertz CT molecular complexity index is 1110. The van der Waals surface area contributed by atoms with Gasteiger partial charge in [-0.25, -0.2) is 4.98 Å². The maximum absolute atomic E-state index is 11.1. The van der Waals surface area contributed by atoms with E-state index in [0.717, 1.165) is 11.4 Å². The predicted molar refractivity (Wildman–Crippen MR) is 106 cm³/mol. The standard InChI is InChI=1S/C19H15ClN6O/c1-12(27)22-13-7-9-14(10-8-13)23-17-16-18(25-19(20)24-17)26(11-21-16)15-5-3-2-4-6-15/h2-11H,1H3,(H,22,27)(H,23,24,25). The van der Waals surface area contributed by atoms with Gasteiger partial charge >= 0.3 is 0 Å². The van der Waals surface area contributed by atoms with Crippen molar-refractivity contribution in [1.29, 1.82) is 0 Å². The van der Waals surface area contributed by atoms with Crippen LogP contribution in [0.4, 0.5) is 17.2 Å². The minimum Gasteiger partial charge on any atom is -0.338 e. The minimum atomic E-state index is -0.119. The molecule has 1 amide bonds. The van der Waals surface area contributed by atoms with Gasteiger partial charge in [0.2, 0.25) is 11.2 Å². The molecule has 2 aromatic carbocycles. The van der Waals surface area contributed by atoms with E-state index in [9.17, 15) is 4.79 Å². The van der Waals surface area contributed by atoms with Crippen molar-refractivity contribution in [2.24, 2.45) is 0 Å². The van der Waals surface area contributed by atoms with Crippen LogP contribution in [-0.2, 0) is 4.79 Å². The Morgan fingerprint density at radius 1 is 1.00 bits per heavy atom. The van der Waals surface area contributed by atoms with Gasteiger partial charge in [0.15, 0.2) is 17.0 Å². The van der Waals surface area contributed by atoms with Crippen LogP contribution in [0.2, 0.25) is 5.28 Å². The zero-order chi connectivity index (χ0) is 18.8. The number of carbonyl (C=O) groups is 1. The van der Waals surface area contributed by atoms with E-state index >= 15 is 0 Å². The summed E-state index contributed by atoms with van der Waals surface area (Å²) in [5, 5.41) is 6.06. The number of carbonyl (C=O) groups excluding carboxylic acids is 1. The van der Waals surface area contributed by atoms with Crippen molar-refractivity contribution in [3.63, 3.8) is 0 Å². The van der Waals surface area contributed by atoms with Gasteiger partial charge in [-0.15, -0.1) is 0 Å². The summed E-state index contributed by atoms with van der Waals surface area (Å²) in [4.78, 5) is 24.2. The predicted octanol–water partition coefficient (Wildman–Crippen LogP) is 4.17. The maximum atomic E-state index is 11.1. The van der Waals surface area contributed by atoms with E-state index in [-0.39, 0.29) is 11.2 Å². The van der Waals surface area contributed by atoms with E-state index < -0.39 is 0 Å². The quantitative estimate of drug-likeness (QED) is 0.520. The van der Waals surface area contributed by atoms with Crippen molar-refractivity contribution in [2.45, 2.75) is 6.92 Å². The number of halogens is 1. The van der Waals surface area contributed by atoms with Crippen molar-refractivity contribution in [3.05, 3.63) is 66.2 Å². The largest absolute Gasteiger partial charge is 0.338 e. The monoisotopic (exact) mass is 378 g/mol. The molecule has 0 radical (unpaired) electrons. The number of rotatable bonds is 4. The van der Waals surface area contributed by atoms with Gasteiger partial charge in [0.1, 0.15) is 6.33 Å². The highest BCUT2D eigenvalue weighted by Gasteiger charge is 2.14. The number of benzene rings is 2. The lowest BCUT2D eigenvalue weighted by Crippen LogP contribution is -2.05. The summed E-state index contributed by atoms with van der Waals surface area (Å²) in [6.07, 6.45) is 1.69. The third-order valence-electron chi connectivity index (χ3n) is 3.87. The van der Waals surface area contributed by atoms with Crippen LogP contribution in [0.1, 0.15) is 6.92 Å². The number of anilines is 3. The summed E-state index contributed by atoms with van der Waals surface area (Å²) in [6.45, 7) is 1.47. The van der Waals surface area contributed by atoms with Gasteiger partial charge in [0.25, 0.3) is 0 Å². The Morgan fingerprint density at radius 3 is 2.41 bits per heavy atom. The van der Waals surface area contributed by atoms with Crippen molar-refractivity contribution in [1.82, 2.24) is 19.5 Å². The first-order valence-electron chi connectivity index (χ1n) is 8.21. The molecule has 2 aromatic heterocycles. The zero-order valence-corrected chi connectivity index (χ0v) is 15.1. The summed E-state index contributed by atoms with van der Waals surface area (Å²) in [6, 6.07) is 17.0. The summed E-state index contributed by atoms with van der Waals surface area (Å²) in [7, 11) is 0. The highest BCUT2D eigenvalue weighted by molar-refractivity contribution is 6.28. The van der Waals surface area contributed by atoms with Gasteiger partial charge in [0.05, 0.1) is 0 Å². The number of aromatic nitrogens is 4. The smallest absolute Gasteiger partial charge is 0.226 e. The van der Waals surface area contributed by atoms with Gasteiger partial charge in [-0.2, -0.15) is 9.97 Å². The third kappa shape index (κ3) is 3.58. The summed E-state index contributed by atoms with van der Waals surface area (Å²) in [5.41, 5.74) is 3.65. The normalized spacial score (nSPS) is 10.7. The van der Waals surface area contributed by atoms with Gasteiger partial charge in [-0.05, 0) is 48.0 Å². The average Bonchev–Trinajstić information content (AvgIpc) is 3.07. The van der Waals surface area contributed by atoms with Crippen LogP contribution in [-0.4, -0.2) is 25.4 Å². The highest BCUT2D eigenvalue weighted by atomic mass is 35.5. The molecular formula is C19H15ClN6O. The van der Waals surface area contributed by atoms with Crippen LogP contribution >= 0.6 is 11.6 Å². The number of hydrogen-bond donors (Lipinski definition) is 2. The Kier molecular flexibility index (Phi) is 4.43. The minimum absolute atomic E-state index is 0.119. The number of para-hydroxylation sites is 1. The van der Waals surface area contributed by atoms with Crippen molar-refractivity contribution >= 4 is 45.9 Å². The molecule has 2 heterocycles.